The number of sulfonamides is 1. The molecule has 0 saturated heterocycles. The van der Waals surface area contributed by atoms with Crippen LogP contribution >= 0.6 is 31.9 Å². The van der Waals surface area contributed by atoms with Gasteiger partial charge < -0.3 is 5.73 Å². The van der Waals surface area contributed by atoms with Gasteiger partial charge in [0.1, 0.15) is 0 Å². The minimum absolute atomic E-state index is 0.215. The summed E-state index contributed by atoms with van der Waals surface area (Å²) in [5, 5.41) is 0. The fourth-order valence-corrected chi connectivity index (χ4v) is 4.35. The molecule has 0 fully saturated rings. The highest BCUT2D eigenvalue weighted by molar-refractivity contribution is 9.11. The average molecular weight is 386 g/mol. The van der Waals surface area contributed by atoms with E-state index in [2.05, 4.69) is 36.6 Å². The van der Waals surface area contributed by atoms with Crippen LogP contribution in [0.1, 0.15) is 13.3 Å². The largest absolute Gasteiger partial charge is 0.329 e. The van der Waals surface area contributed by atoms with Gasteiger partial charge in [0.15, 0.2) is 0 Å². The third kappa shape index (κ3) is 4.03. The molecule has 3 N–H and O–H groups in total. The third-order valence-corrected chi connectivity index (χ3v) is 5.27. The van der Waals surface area contributed by atoms with E-state index in [1.165, 1.54) is 0 Å². The fourth-order valence-electron chi connectivity index (χ4n) is 1.27. The molecule has 0 amide bonds. The zero-order valence-corrected chi connectivity index (χ0v) is 13.3. The molecule has 0 aromatic heterocycles. The summed E-state index contributed by atoms with van der Waals surface area (Å²) in [4.78, 5) is 0.215. The van der Waals surface area contributed by atoms with Crippen LogP contribution in [0.15, 0.2) is 32.0 Å². The first-order valence-corrected chi connectivity index (χ1v) is 8.15. The summed E-state index contributed by atoms with van der Waals surface area (Å²) in [5.41, 5.74) is 5.48. The maximum atomic E-state index is 12.1. The third-order valence-electron chi connectivity index (χ3n) is 2.28. The van der Waals surface area contributed by atoms with E-state index >= 15 is 0 Å². The fraction of sp³-hybridized carbons (Fsp3) is 0.400. The molecule has 0 bridgehead atoms. The van der Waals surface area contributed by atoms with Crippen LogP contribution in [0.3, 0.4) is 0 Å². The highest BCUT2D eigenvalue weighted by atomic mass is 79.9. The Kier molecular flexibility index (Phi) is 5.59. The van der Waals surface area contributed by atoms with Crippen molar-refractivity contribution >= 4 is 41.9 Å². The topological polar surface area (TPSA) is 72.2 Å². The zero-order chi connectivity index (χ0) is 13.1. The molecule has 7 heteroatoms. The molecule has 0 spiro atoms. The molecule has 0 saturated carbocycles. The summed E-state index contributed by atoms with van der Waals surface area (Å²) in [7, 11) is -3.53. The van der Waals surface area contributed by atoms with Gasteiger partial charge in [0.2, 0.25) is 10.0 Å². The predicted molar refractivity (Wildman–Crippen MR) is 75.3 cm³/mol. The van der Waals surface area contributed by atoms with Crippen LogP contribution in [0, 0.1) is 0 Å². The number of nitrogens with two attached hydrogens (primary N) is 1. The Hall–Kier alpha value is 0.0500. The summed E-state index contributed by atoms with van der Waals surface area (Å²) in [5.74, 6) is 0. The van der Waals surface area contributed by atoms with Crippen molar-refractivity contribution in [3.63, 3.8) is 0 Å². The summed E-state index contributed by atoms with van der Waals surface area (Å²) >= 11 is 6.51. The molecular weight excluding hydrogens is 372 g/mol. The summed E-state index contributed by atoms with van der Waals surface area (Å²) in [6, 6.07) is 4.68. The van der Waals surface area contributed by atoms with Gasteiger partial charge in [-0.3, -0.25) is 0 Å². The van der Waals surface area contributed by atoms with Gasteiger partial charge >= 0.3 is 0 Å². The Labute approximate surface area is 118 Å². The predicted octanol–water partition coefficient (Wildman–Crippen LogP) is 2.23. The van der Waals surface area contributed by atoms with E-state index in [1.54, 1.807) is 18.2 Å². The van der Waals surface area contributed by atoms with E-state index in [1.807, 2.05) is 6.92 Å². The minimum atomic E-state index is -3.53. The first-order chi connectivity index (χ1) is 7.90. The van der Waals surface area contributed by atoms with Gasteiger partial charge in [0.05, 0.1) is 4.90 Å². The van der Waals surface area contributed by atoms with Gasteiger partial charge in [-0.05, 0) is 40.5 Å². The Morgan fingerprint density at radius 1 is 1.41 bits per heavy atom. The number of rotatable bonds is 5. The number of halogens is 2. The highest BCUT2D eigenvalue weighted by Gasteiger charge is 2.20. The molecular formula is C10H14Br2N2O2S. The lowest BCUT2D eigenvalue weighted by atomic mass is 10.2. The SMILES string of the molecule is CCC(CN)NS(=O)(=O)c1ccc(Br)cc1Br. The summed E-state index contributed by atoms with van der Waals surface area (Å²) in [6.07, 6.45) is 0.657. The van der Waals surface area contributed by atoms with Crippen LogP contribution in [0.2, 0.25) is 0 Å². The van der Waals surface area contributed by atoms with Crippen molar-refractivity contribution in [3.05, 3.63) is 27.1 Å². The van der Waals surface area contributed by atoms with Crippen LogP contribution in [0.5, 0.6) is 0 Å². The van der Waals surface area contributed by atoms with Crippen LogP contribution in [0.25, 0.3) is 0 Å². The van der Waals surface area contributed by atoms with Gasteiger partial charge in [0.25, 0.3) is 0 Å². The second-order valence-electron chi connectivity index (χ2n) is 3.54. The van der Waals surface area contributed by atoms with Crippen LogP contribution in [-0.4, -0.2) is 21.0 Å². The van der Waals surface area contributed by atoms with E-state index < -0.39 is 10.0 Å². The van der Waals surface area contributed by atoms with Crippen molar-refractivity contribution in [2.75, 3.05) is 6.54 Å². The van der Waals surface area contributed by atoms with Gasteiger partial charge in [-0.2, -0.15) is 0 Å². The second kappa shape index (κ2) is 6.29. The molecule has 0 aliphatic carbocycles. The Bertz CT molecular complexity index is 487. The number of benzene rings is 1. The smallest absolute Gasteiger partial charge is 0.241 e. The van der Waals surface area contributed by atoms with E-state index in [0.717, 1.165) is 4.47 Å². The van der Waals surface area contributed by atoms with Crippen molar-refractivity contribution in [3.8, 4) is 0 Å². The van der Waals surface area contributed by atoms with E-state index in [-0.39, 0.29) is 17.5 Å². The van der Waals surface area contributed by atoms with Crippen molar-refractivity contribution < 1.29 is 8.42 Å². The number of hydrogen-bond donors (Lipinski definition) is 2. The standard InChI is InChI=1S/C10H14Br2N2O2S/c1-2-8(6-13)14-17(15,16)10-4-3-7(11)5-9(10)12/h3-5,8,14H,2,6,13H2,1H3. The van der Waals surface area contributed by atoms with Gasteiger partial charge in [-0.25, -0.2) is 13.1 Å². The summed E-state index contributed by atoms with van der Waals surface area (Å²) in [6.45, 7) is 2.17. The van der Waals surface area contributed by atoms with E-state index in [0.29, 0.717) is 10.9 Å². The normalized spacial score (nSPS) is 13.6. The lowest BCUT2D eigenvalue weighted by Crippen LogP contribution is -2.39. The molecule has 17 heavy (non-hydrogen) atoms. The molecule has 4 nitrogen and oxygen atoms in total. The van der Waals surface area contributed by atoms with Gasteiger partial charge in [0, 0.05) is 21.5 Å². The molecule has 0 heterocycles. The van der Waals surface area contributed by atoms with Crippen molar-refractivity contribution in [2.45, 2.75) is 24.3 Å². The van der Waals surface area contributed by atoms with Crippen molar-refractivity contribution in [1.29, 1.82) is 0 Å². The molecule has 1 rings (SSSR count). The minimum Gasteiger partial charge on any atom is -0.329 e. The molecule has 1 aromatic rings. The maximum Gasteiger partial charge on any atom is 0.241 e. The molecule has 96 valence electrons. The van der Waals surface area contributed by atoms with Gasteiger partial charge in [-0.1, -0.05) is 22.9 Å². The van der Waals surface area contributed by atoms with Crippen LogP contribution in [0.4, 0.5) is 0 Å². The van der Waals surface area contributed by atoms with E-state index in [4.69, 9.17) is 5.73 Å². The monoisotopic (exact) mass is 384 g/mol. The maximum absolute atomic E-state index is 12.1. The molecule has 0 aliphatic rings. The van der Waals surface area contributed by atoms with Crippen molar-refractivity contribution in [1.82, 2.24) is 4.72 Å². The molecule has 1 unspecified atom stereocenters. The number of hydrogen-bond acceptors (Lipinski definition) is 3. The highest BCUT2D eigenvalue weighted by Crippen LogP contribution is 2.25. The summed E-state index contributed by atoms with van der Waals surface area (Å²) < 4.78 is 28.1. The Morgan fingerprint density at radius 3 is 2.53 bits per heavy atom. The zero-order valence-electron chi connectivity index (χ0n) is 9.28. The molecule has 1 aromatic carbocycles. The molecule has 0 aliphatic heterocycles. The van der Waals surface area contributed by atoms with E-state index in [9.17, 15) is 8.42 Å². The Morgan fingerprint density at radius 2 is 2.06 bits per heavy atom. The number of nitrogens with one attached hydrogen (secondary N) is 1. The second-order valence-corrected chi connectivity index (χ2v) is 6.99. The lowest BCUT2D eigenvalue weighted by molar-refractivity contribution is 0.542. The Balaban J connectivity index is 3.05. The first-order valence-electron chi connectivity index (χ1n) is 5.08. The lowest BCUT2D eigenvalue weighted by Gasteiger charge is -2.15. The quantitative estimate of drug-likeness (QED) is 0.816. The molecule has 0 radical (unpaired) electrons. The average Bonchev–Trinajstić information content (AvgIpc) is 2.25. The first kappa shape index (κ1) is 15.1. The molecule has 1 atom stereocenters. The van der Waals surface area contributed by atoms with Gasteiger partial charge in [-0.15, -0.1) is 0 Å². The van der Waals surface area contributed by atoms with Crippen molar-refractivity contribution in [2.24, 2.45) is 5.73 Å². The van der Waals surface area contributed by atoms with Crippen LogP contribution in [-0.2, 0) is 10.0 Å². The van der Waals surface area contributed by atoms with Crippen LogP contribution < -0.4 is 10.5 Å².